The third kappa shape index (κ3) is 2.70. The molecule has 0 amide bonds. The fourth-order valence-electron chi connectivity index (χ4n) is 2.99. The smallest absolute Gasteiger partial charge is 0.194 e. The van der Waals surface area contributed by atoms with E-state index in [-0.39, 0.29) is 17.4 Å². The fourth-order valence-corrected chi connectivity index (χ4v) is 2.99. The van der Waals surface area contributed by atoms with Crippen molar-refractivity contribution < 1.29 is 14.0 Å². The second-order valence-corrected chi connectivity index (χ2v) is 5.89. The van der Waals surface area contributed by atoms with Crippen molar-refractivity contribution in [3.63, 3.8) is 0 Å². The van der Waals surface area contributed by atoms with Crippen LogP contribution in [-0.4, -0.2) is 11.6 Å². The maximum Gasteiger partial charge on any atom is 0.194 e. The molecule has 0 heterocycles. The molecular formula is C22H13FO2. The molecule has 3 aromatic rings. The molecule has 3 aromatic carbocycles. The number of rotatable bonds is 2. The summed E-state index contributed by atoms with van der Waals surface area (Å²) in [6.07, 6.45) is 3.68. The van der Waals surface area contributed by atoms with Crippen molar-refractivity contribution in [1.29, 1.82) is 0 Å². The zero-order valence-electron chi connectivity index (χ0n) is 13.2. The van der Waals surface area contributed by atoms with E-state index < -0.39 is 0 Å². The Bertz CT molecular complexity index is 1030. The molecule has 1 aliphatic carbocycles. The number of halogens is 1. The van der Waals surface area contributed by atoms with Crippen LogP contribution in [0.3, 0.4) is 0 Å². The summed E-state index contributed by atoms with van der Waals surface area (Å²) in [7, 11) is 0. The Labute approximate surface area is 144 Å². The molecule has 0 unspecified atom stereocenters. The first-order valence-electron chi connectivity index (χ1n) is 7.89. The van der Waals surface area contributed by atoms with E-state index in [1.807, 2.05) is 12.2 Å². The highest BCUT2D eigenvalue weighted by Crippen LogP contribution is 2.28. The van der Waals surface area contributed by atoms with Crippen molar-refractivity contribution >= 4 is 23.7 Å². The average molecular weight is 328 g/mol. The predicted molar refractivity (Wildman–Crippen MR) is 95.1 cm³/mol. The van der Waals surface area contributed by atoms with Gasteiger partial charge in [-0.1, -0.05) is 54.6 Å². The molecule has 0 bridgehead atoms. The molecule has 2 nitrogen and oxygen atoms in total. The maximum absolute atomic E-state index is 12.9. The molecule has 0 aliphatic heterocycles. The third-order valence-corrected chi connectivity index (χ3v) is 4.29. The lowest BCUT2D eigenvalue weighted by Gasteiger charge is -2.17. The highest BCUT2D eigenvalue weighted by molar-refractivity contribution is 6.28. The molecule has 0 saturated heterocycles. The summed E-state index contributed by atoms with van der Waals surface area (Å²) in [5.74, 6) is -0.546. The quantitative estimate of drug-likeness (QED) is 0.497. The van der Waals surface area contributed by atoms with Crippen LogP contribution in [0.5, 0.6) is 0 Å². The molecule has 0 fully saturated rings. The molecule has 120 valence electrons. The minimum Gasteiger partial charge on any atom is -0.289 e. The molecule has 0 atom stereocenters. The number of benzene rings is 3. The summed E-state index contributed by atoms with van der Waals surface area (Å²) in [4.78, 5) is 25.3. The van der Waals surface area contributed by atoms with Crippen molar-refractivity contribution in [3.05, 3.63) is 106 Å². The van der Waals surface area contributed by atoms with Gasteiger partial charge in [-0.05, 0) is 35.4 Å². The topological polar surface area (TPSA) is 34.1 Å². The van der Waals surface area contributed by atoms with Gasteiger partial charge in [0.25, 0.3) is 0 Å². The largest absolute Gasteiger partial charge is 0.289 e. The van der Waals surface area contributed by atoms with Gasteiger partial charge in [0.2, 0.25) is 0 Å². The normalized spacial score (nSPS) is 13.0. The summed E-state index contributed by atoms with van der Waals surface area (Å²) in [5.41, 5.74) is 3.41. The van der Waals surface area contributed by atoms with Crippen LogP contribution in [0.1, 0.15) is 43.0 Å². The van der Waals surface area contributed by atoms with Gasteiger partial charge >= 0.3 is 0 Å². The van der Waals surface area contributed by atoms with Crippen LogP contribution in [0.4, 0.5) is 4.39 Å². The van der Waals surface area contributed by atoms with E-state index in [4.69, 9.17) is 0 Å². The van der Waals surface area contributed by atoms with Gasteiger partial charge in [-0.2, -0.15) is 0 Å². The first-order valence-corrected chi connectivity index (χ1v) is 7.89. The lowest BCUT2D eigenvalue weighted by atomic mass is 9.83. The van der Waals surface area contributed by atoms with Crippen molar-refractivity contribution in [2.24, 2.45) is 0 Å². The molecule has 1 aliphatic rings. The minimum absolute atomic E-state index is 0.126. The third-order valence-electron chi connectivity index (χ3n) is 4.29. The van der Waals surface area contributed by atoms with Crippen molar-refractivity contribution in [2.45, 2.75) is 0 Å². The number of hydrogen-bond acceptors (Lipinski definition) is 2. The van der Waals surface area contributed by atoms with Crippen LogP contribution in [0.25, 0.3) is 12.2 Å². The summed E-state index contributed by atoms with van der Waals surface area (Å²) in [6, 6.07) is 18.2. The molecule has 3 heteroatoms. The van der Waals surface area contributed by atoms with E-state index in [1.54, 1.807) is 54.6 Å². The Balaban J connectivity index is 1.71. The molecule has 0 spiro atoms. The van der Waals surface area contributed by atoms with Crippen LogP contribution >= 0.6 is 0 Å². The van der Waals surface area contributed by atoms with Crippen LogP contribution < -0.4 is 0 Å². The van der Waals surface area contributed by atoms with Crippen molar-refractivity contribution in [3.8, 4) is 0 Å². The highest BCUT2D eigenvalue weighted by Gasteiger charge is 2.28. The number of ketones is 2. The standard InChI is InChI=1S/C22H13FO2/c23-16-10-7-14(8-11-16)5-6-15-9-12-19-20(13-15)22(25)18-4-2-1-3-17(18)21(19)24/h1-13H/b6-5+. The molecular weight excluding hydrogens is 315 g/mol. The van der Waals surface area contributed by atoms with E-state index in [9.17, 15) is 14.0 Å². The lowest BCUT2D eigenvalue weighted by Crippen LogP contribution is -2.20. The lowest BCUT2D eigenvalue weighted by molar-refractivity contribution is 0.0979. The van der Waals surface area contributed by atoms with Gasteiger partial charge in [0.15, 0.2) is 11.6 Å². The monoisotopic (exact) mass is 328 g/mol. The van der Waals surface area contributed by atoms with E-state index in [0.29, 0.717) is 22.3 Å². The average Bonchev–Trinajstić information content (AvgIpc) is 2.65. The Morgan fingerprint density at radius 1 is 0.600 bits per heavy atom. The van der Waals surface area contributed by atoms with Crippen molar-refractivity contribution in [1.82, 2.24) is 0 Å². The number of carbonyl (C=O) groups excluding carboxylic acids is 2. The first kappa shape index (κ1) is 15.2. The van der Waals surface area contributed by atoms with E-state index >= 15 is 0 Å². The first-order chi connectivity index (χ1) is 12.1. The summed E-state index contributed by atoms with van der Waals surface area (Å²) in [5, 5.41) is 0. The van der Waals surface area contributed by atoms with Gasteiger partial charge in [0.05, 0.1) is 0 Å². The maximum atomic E-state index is 12.9. The Morgan fingerprint density at radius 2 is 1.12 bits per heavy atom. The predicted octanol–water partition coefficient (Wildman–Crippen LogP) is 4.77. The summed E-state index contributed by atoms with van der Waals surface area (Å²) >= 11 is 0. The summed E-state index contributed by atoms with van der Waals surface area (Å²) < 4.78 is 12.9. The zero-order valence-corrected chi connectivity index (χ0v) is 13.2. The van der Waals surface area contributed by atoms with Gasteiger partial charge in [-0.15, -0.1) is 0 Å². The Morgan fingerprint density at radius 3 is 1.80 bits per heavy atom. The van der Waals surface area contributed by atoms with Crippen LogP contribution in [0.2, 0.25) is 0 Å². The molecule has 0 saturated carbocycles. The SMILES string of the molecule is O=C1c2ccccc2C(=O)c2cc(/C=C/c3ccc(F)cc3)ccc21. The molecule has 25 heavy (non-hydrogen) atoms. The molecule has 4 rings (SSSR count). The van der Waals surface area contributed by atoms with Crippen LogP contribution in [0.15, 0.2) is 66.7 Å². The number of fused-ring (bicyclic) bond motifs is 2. The number of carbonyl (C=O) groups is 2. The second kappa shape index (κ2) is 5.95. The Hall–Kier alpha value is -3.33. The zero-order chi connectivity index (χ0) is 17.4. The van der Waals surface area contributed by atoms with Gasteiger partial charge in [-0.3, -0.25) is 9.59 Å². The summed E-state index contributed by atoms with van der Waals surface area (Å²) in [6.45, 7) is 0. The molecule has 0 aromatic heterocycles. The van der Waals surface area contributed by atoms with E-state index in [2.05, 4.69) is 0 Å². The Kier molecular flexibility index (Phi) is 3.62. The van der Waals surface area contributed by atoms with Gasteiger partial charge in [0, 0.05) is 22.3 Å². The van der Waals surface area contributed by atoms with Crippen molar-refractivity contribution in [2.75, 3.05) is 0 Å². The molecule has 0 N–H and O–H groups in total. The van der Waals surface area contributed by atoms with Crippen LogP contribution in [-0.2, 0) is 0 Å². The van der Waals surface area contributed by atoms with Gasteiger partial charge in [0.1, 0.15) is 5.82 Å². The minimum atomic E-state index is -0.284. The molecule has 0 radical (unpaired) electrons. The van der Waals surface area contributed by atoms with Crippen LogP contribution in [0, 0.1) is 5.82 Å². The number of hydrogen-bond donors (Lipinski definition) is 0. The highest BCUT2D eigenvalue weighted by atomic mass is 19.1. The van der Waals surface area contributed by atoms with Gasteiger partial charge in [-0.25, -0.2) is 4.39 Å². The second-order valence-electron chi connectivity index (χ2n) is 5.89. The van der Waals surface area contributed by atoms with E-state index in [0.717, 1.165) is 11.1 Å². The fraction of sp³-hybridized carbons (Fsp3) is 0. The van der Waals surface area contributed by atoms with Gasteiger partial charge < -0.3 is 0 Å². The van der Waals surface area contributed by atoms with E-state index in [1.165, 1.54) is 12.1 Å².